The van der Waals surface area contributed by atoms with Crippen LogP contribution in [0.2, 0.25) is 0 Å². The minimum atomic E-state index is -0.925. The van der Waals surface area contributed by atoms with Gasteiger partial charge in [-0.15, -0.1) is 0 Å². The molecule has 1 heterocycles. The van der Waals surface area contributed by atoms with Crippen molar-refractivity contribution in [1.29, 1.82) is 0 Å². The lowest BCUT2D eigenvalue weighted by molar-refractivity contribution is 0.522. The number of hydrogen-bond acceptors (Lipinski definition) is 3. The minimum absolute atomic E-state index is 0.280. The van der Waals surface area contributed by atoms with Crippen LogP contribution in [0, 0.1) is 0 Å². The zero-order valence-corrected chi connectivity index (χ0v) is 18.7. The molecular weight excluding hydrogens is 404 g/mol. The summed E-state index contributed by atoms with van der Waals surface area (Å²) in [6.07, 6.45) is 13.0. The Balaban J connectivity index is 2.07. The quantitative estimate of drug-likeness (QED) is 0.219. The highest BCUT2D eigenvalue weighted by molar-refractivity contribution is 5.75. The number of rotatable bonds is 10. The fourth-order valence-corrected chi connectivity index (χ4v) is 3.20. The molecule has 0 saturated heterocycles. The van der Waals surface area contributed by atoms with E-state index in [1.807, 2.05) is 31.2 Å². The number of halogens is 2. The van der Waals surface area contributed by atoms with E-state index in [2.05, 4.69) is 48.6 Å². The van der Waals surface area contributed by atoms with Crippen LogP contribution in [0.3, 0.4) is 0 Å². The highest BCUT2D eigenvalue weighted by atomic mass is 19.2. The average molecular weight is 434 g/mol. The molecule has 0 aliphatic carbocycles. The maximum Gasteiger partial charge on any atom is 0.158 e. The van der Waals surface area contributed by atoms with Crippen molar-refractivity contribution >= 4 is 18.1 Å². The molecule has 0 bridgehead atoms. The summed E-state index contributed by atoms with van der Waals surface area (Å²) in [5, 5.41) is 5.53. The lowest BCUT2D eigenvalue weighted by Crippen LogP contribution is -2.12. The third-order valence-corrected chi connectivity index (χ3v) is 5.06. The smallest absolute Gasteiger partial charge is 0.158 e. The molecule has 0 fully saturated rings. The fourth-order valence-electron chi connectivity index (χ4n) is 3.20. The van der Waals surface area contributed by atoms with Gasteiger partial charge in [0.1, 0.15) is 0 Å². The lowest BCUT2D eigenvalue weighted by Gasteiger charge is -2.20. The molecule has 0 amide bonds. The molecule has 0 N–H and O–H groups in total. The molecule has 2 rings (SSSR count). The van der Waals surface area contributed by atoms with Gasteiger partial charge in [-0.2, -0.15) is 5.10 Å². The van der Waals surface area contributed by atoms with Crippen molar-refractivity contribution < 1.29 is 8.78 Å². The van der Waals surface area contributed by atoms with Crippen LogP contribution in [-0.4, -0.2) is 23.7 Å². The number of hydrazone groups is 1. The third kappa shape index (κ3) is 5.91. The summed E-state index contributed by atoms with van der Waals surface area (Å²) < 4.78 is 26.7. The van der Waals surface area contributed by atoms with E-state index in [-0.39, 0.29) is 6.42 Å². The molecule has 0 spiro atoms. The van der Waals surface area contributed by atoms with Crippen LogP contribution in [0.5, 0.6) is 0 Å². The second-order valence-corrected chi connectivity index (χ2v) is 7.06. The largest absolute Gasteiger partial charge is 0.337 e. The zero-order valence-electron chi connectivity index (χ0n) is 18.7. The Kier molecular flexibility index (Phi) is 8.90. The van der Waals surface area contributed by atoms with Crippen LogP contribution in [0.15, 0.2) is 109 Å². The van der Waals surface area contributed by atoms with E-state index < -0.39 is 11.7 Å². The van der Waals surface area contributed by atoms with Gasteiger partial charge in [0.2, 0.25) is 0 Å². The lowest BCUT2D eigenvalue weighted by atomic mass is 10.0. The maximum atomic E-state index is 13.5. The standard InChI is InChI=1S/C27H29F2N3/c1-7-13-26(28)27(29)15-12-10-9-11-14-24(8-2)32-19-23-17-16-22(18-25(23)21(32)4)20(3)31(6)30-5/h7-11,13-18H,1,3-5,12,19H2,2,6H3/b10-9+,14-11-,24-8+,26-13+,27-15+. The van der Waals surface area contributed by atoms with E-state index >= 15 is 0 Å². The van der Waals surface area contributed by atoms with Gasteiger partial charge in [-0.05, 0) is 48.8 Å². The monoisotopic (exact) mass is 433 g/mol. The number of hydrogen-bond donors (Lipinski definition) is 0. The molecule has 0 aromatic heterocycles. The van der Waals surface area contributed by atoms with Crippen LogP contribution < -0.4 is 0 Å². The van der Waals surface area contributed by atoms with Gasteiger partial charge in [0.25, 0.3) is 0 Å². The van der Waals surface area contributed by atoms with Gasteiger partial charge >= 0.3 is 0 Å². The highest BCUT2D eigenvalue weighted by Gasteiger charge is 2.24. The molecule has 1 aliphatic rings. The average Bonchev–Trinajstić information content (AvgIpc) is 3.13. The molecule has 0 radical (unpaired) electrons. The Morgan fingerprint density at radius 2 is 2.00 bits per heavy atom. The summed E-state index contributed by atoms with van der Waals surface area (Å²) in [5.41, 5.74) is 5.86. The molecule has 1 aliphatic heterocycles. The van der Waals surface area contributed by atoms with E-state index in [0.717, 1.165) is 34.3 Å². The fraction of sp³-hybridized carbons (Fsp3) is 0.148. The first-order chi connectivity index (χ1) is 15.3. The SMILES string of the molecule is C=C/C=C(F)\C(F)=C/C/C=C/C=C\C(=C/C)N1Cc2ccc(C(=C)N(C)N=C)cc2C1=C. The van der Waals surface area contributed by atoms with E-state index in [4.69, 9.17) is 0 Å². The van der Waals surface area contributed by atoms with E-state index in [1.165, 1.54) is 17.7 Å². The summed E-state index contributed by atoms with van der Waals surface area (Å²) in [7, 11) is 1.80. The van der Waals surface area contributed by atoms with Crippen LogP contribution in [0.25, 0.3) is 11.4 Å². The minimum Gasteiger partial charge on any atom is -0.337 e. The summed E-state index contributed by atoms with van der Waals surface area (Å²) in [6, 6.07) is 6.17. The second kappa shape index (κ2) is 11.6. The number of benzene rings is 1. The summed E-state index contributed by atoms with van der Waals surface area (Å²) in [5.74, 6) is -1.82. The van der Waals surface area contributed by atoms with Crippen LogP contribution in [0.1, 0.15) is 30.0 Å². The molecule has 166 valence electrons. The normalized spacial score (nSPS) is 14.9. The molecule has 5 heteroatoms. The first kappa shape index (κ1) is 24.5. The number of allylic oxidation sites excluding steroid dienone is 10. The number of nitrogens with zero attached hydrogens (tertiary/aromatic N) is 3. The van der Waals surface area contributed by atoms with Crippen LogP contribution >= 0.6 is 0 Å². The van der Waals surface area contributed by atoms with Gasteiger partial charge < -0.3 is 4.90 Å². The predicted octanol–water partition coefficient (Wildman–Crippen LogP) is 7.29. The first-order valence-corrected chi connectivity index (χ1v) is 10.2. The Bertz CT molecular complexity index is 1050. The second-order valence-electron chi connectivity index (χ2n) is 7.06. The van der Waals surface area contributed by atoms with E-state index in [1.54, 1.807) is 24.2 Å². The van der Waals surface area contributed by atoms with Gasteiger partial charge in [-0.3, -0.25) is 5.01 Å². The molecule has 0 atom stereocenters. The van der Waals surface area contributed by atoms with Crippen molar-refractivity contribution in [3.63, 3.8) is 0 Å². The summed E-state index contributed by atoms with van der Waals surface area (Å²) in [4.78, 5) is 2.13. The van der Waals surface area contributed by atoms with Gasteiger partial charge in [0.15, 0.2) is 11.7 Å². The van der Waals surface area contributed by atoms with Gasteiger partial charge in [0.05, 0.1) is 5.70 Å². The third-order valence-electron chi connectivity index (χ3n) is 5.06. The Hall–Kier alpha value is -3.73. The highest BCUT2D eigenvalue weighted by Crippen LogP contribution is 2.36. The summed E-state index contributed by atoms with van der Waals surface area (Å²) >= 11 is 0. The Morgan fingerprint density at radius 3 is 2.66 bits per heavy atom. The topological polar surface area (TPSA) is 18.8 Å². The Labute approximate surface area is 189 Å². The van der Waals surface area contributed by atoms with Crippen molar-refractivity contribution in [1.82, 2.24) is 9.91 Å². The van der Waals surface area contributed by atoms with E-state index in [9.17, 15) is 8.78 Å². The first-order valence-electron chi connectivity index (χ1n) is 10.2. The molecule has 0 saturated carbocycles. The van der Waals surface area contributed by atoms with Crippen molar-refractivity contribution in [2.45, 2.75) is 19.9 Å². The Morgan fingerprint density at radius 1 is 1.25 bits per heavy atom. The van der Waals surface area contributed by atoms with E-state index in [0.29, 0.717) is 6.54 Å². The van der Waals surface area contributed by atoms with Gasteiger partial charge in [-0.1, -0.05) is 62.2 Å². The van der Waals surface area contributed by atoms with Crippen LogP contribution in [-0.2, 0) is 6.54 Å². The van der Waals surface area contributed by atoms with Crippen molar-refractivity contribution in [3.8, 4) is 0 Å². The van der Waals surface area contributed by atoms with Crippen molar-refractivity contribution in [3.05, 3.63) is 121 Å². The maximum absolute atomic E-state index is 13.5. The molecule has 32 heavy (non-hydrogen) atoms. The molecule has 1 aromatic carbocycles. The predicted molar refractivity (Wildman–Crippen MR) is 133 cm³/mol. The number of fused-ring (bicyclic) bond motifs is 1. The summed E-state index contributed by atoms with van der Waals surface area (Å²) in [6.45, 7) is 17.9. The zero-order chi connectivity index (χ0) is 23.7. The molecule has 0 unspecified atom stereocenters. The molecular formula is C27H29F2N3. The molecule has 1 aromatic rings. The van der Waals surface area contributed by atoms with Gasteiger partial charge in [-0.25, -0.2) is 8.78 Å². The van der Waals surface area contributed by atoms with Crippen molar-refractivity contribution in [2.24, 2.45) is 5.10 Å². The van der Waals surface area contributed by atoms with Crippen LogP contribution in [0.4, 0.5) is 8.78 Å². The van der Waals surface area contributed by atoms with Gasteiger partial charge in [0, 0.05) is 37.3 Å². The molecule has 3 nitrogen and oxygen atoms in total. The van der Waals surface area contributed by atoms with Crippen molar-refractivity contribution in [2.75, 3.05) is 7.05 Å².